The van der Waals surface area contributed by atoms with Crippen LogP contribution >= 0.6 is 0 Å². The zero-order chi connectivity index (χ0) is 19.2. The van der Waals surface area contributed by atoms with E-state index in [1.807, 2.05) is 60.7 Å². The summed E-state index contributed by atoms with van der Waals surface area (Å²) in [6.45, 7) is 3.68. The van der Waals surface area contributed by atoms with E-state index in [9.17, 15) is 10.2 Å². The van der Waals surface area contributed by atoms with Gasteiger partial charge in [0.2, 0.25) is 0 Å². The van der Waals surface area contributed by atoms with Crippen molar-refractivity contribution in [2.24, 2.45) is 0 Å². The second-order valence-electron chi connectivity index (χ2n) is 6.48. The van der Waals surface area contributed by atoms with Gasteiger partial charge in [0.1, 0.15) is 24.7 Å². The molecule has 0 bridgehead atoms. The van der Waals surface area contributed by atoms with Crippen LogP contribution in [0.3, 0.4) is 0 Å². The number of para-hydroxylation sites is 1. The Morgan fingerprint density at radius 2 is 1.41 bits per heavy atom. The topological polar surface area (TPSA) is 68.2 Å². The molecule has 2 atom stereocenters. The molecule has 142 valence electrons. The molecule has 0 saturated heterocycles. The van der Waals surface area contributed by atoms with Crippen molar-refractivity contribution in [2.75, 3.05) is 13.2 Å². The molecule has 0 amide bonds. The number of hydrogen-bond acceptors (Lipinski definition) is 5. The average molecular weight is 368 g/mol. The molecule has 0 spiro atoms. The fraction of sp³-hybridized carbons (Fsp3) is 0.273. The fourth-order valence-electron chi connectivity index (χ4n) is 2.67. The summed E-state index contributed by atoms with van der Waals surface area (Å²) < 4.78 is 17.6. The third-order valence-electron chi connectivity index (χ3n) is 3.86. The van der Waals surface area contributed by atoms with Gasteiger partial charge >= 0.3 is 0 Å². The molecular formula is C22H24O5. The van der Waals surface area contributed by atoms with E-state index in [4.69, 9.17) is 14.2 Å². The van der Waals surface area contributed by atoms with Crippen molar-refractivity contribution in [3.8, 4) is 23.0 Å². The number of aliphatic hydroxyl groups excluding tert-OH is 2. The van der Waals surface area contributed by atoms with E-state index in [2.05, 4.69) is 0 Å². The maximum atomic E-state index is 9.65. The summed E-state index contributed by atoms with van der Waals surface area (Å²) in [5, 5.41) is 20.8. The van der Waals surface area contributed by atoms with Gasteiger partial charge in [-0.1, -0.05) is 30.3 Å². The maximum absolute atomic E-state index is 9.65. The highest BCUT2D eigenvalue weighted by molar-refractivity contribution is 5.95. The second-order valence-corrected chi connectivity index (χ2v) is 6.48. The van der Waals surface area contributed by atoms with E-state index in [0.29, 0.717) is 23.0 Å². The van der Waals surface area contributed by atoms with Gasteiger partial charge in [-0.15, -0.1) is 0 Å². The molecular weight excluding hydrogens is 344 g/mol. The van der Waals surface area contributed by atoms with Crippen LogP contribution in [0.25, 0.3) is 10.8 Å². The van der Waals surface area contributed by atoms with Crippen LogP contribution in [-0.4, -0.2) is 35.6 Å². The summed E-state index contributed by atoms with van der Waals surface area (Å²) in [6, 6.07) is 18.8. The normalized spacial score (nSPS) is 13.2. The van der Waals surface area contributed by atoms with E-state index in [0.717, 1.165) is 10.8 Å². The summed E-state index contributed by atoms with van der Waals surface area (Å²) in [6.07, 6.45) is -1.17. The lowest BCUT2D eigenvalue weighted by Gasteiger charge is -2.18. The van der Waals surface area contributed by atoms with Gasteiger partial charge in [-0.05, 0) is 44.2 Å². The first kappa shape index (κ1) is 19.0. The van der Waals surface area contributed by atoms with Crippen LogP contribution < -0.4 is 14.2 Å². The number of fused-ring (bicyclic) bond motifs is 1. The van der Waals surface area contributed by atoms with Gasteiger partial charge in [-0.2, -0.15) is 0 Å². The van der Waals surface area contributed by atoms with Crippen LogP contribution in [0.4, 0.5) is 0 Å². The van der Waals surface area contributed by atoms with Crippen molar-refractivity contribution in [1.82, 2.24) is 0 Å². The first-order valence-electron chi connectivity index (χ1n) is 8.95. The lowest BCUT2D eigenvalue weighted by Crippen LogP contribution is -2.14. The first-order valence-corrected chi connectivity index (χ1v) is 8.95. The van der Waals surface area contributed by atoms with Gasteiger partial charge in [0.25, 0.3) is 0 Å². The van der Waals surface area contributed by atoms with Crippen molar-refractivity contribution in [3.05, 3.63) is 60.7 Å². The average Bonchev–Trinajstić information content (AvgIpc) is 2.65. The molecule has 0 aromatic heterocycles. The molecule has 3 aromatic carbocycles. The highest BCUT2D eigenvalue weighted by Gasteiger charge is 2.15. The lowest BCUT2D eigenvalue weighted by molar-refractivity contribution is 0.121. The maximum Gasteiger partial charge on any atom is 0.169 e. The monoisotopic (exact) mass is 368 g/mol. The van der Waals surface area contributed by atoms with Crippen molar-refractivity contribution in [2.45, 2.75) is 26.1 Å². The molecule has 27 heavy (non-hydrogen) atoms. The summed E-state index contributed by atoms with van der Waals surface area (Å²) >= 11 is 0. The van der Waals surface area contributed by atoms with Crippen molar-refractivity contribution < 1.29 is 24.4 Å². The number of ether oxygens (including phenoxy) is 3. The molecule has 2 unspecified atom stereocenters. The number of rotatable bonds is 8. The largest absolute Gasteiger partial charge is 0.490 e. The van der Waals surface area contributed by atoms with Gasteiger partial charge in [0, 0.05) is 10.8 Å². The van der Waals surface area contributed by atoms with Gasteiger partial charge in [0.05, 0.1) is 12.2 Å². The minimum atomic E-state index is -0.612. The van der Waals surface area contributed by atoms with Gasteiger partial charge in [-0.3, -0.25) is 0 Å². The molecule has 5 nitrogen and oxygen atoms in total. The van der Waals surface area contributed by atoms with E-state index >= 15 is 0 Å². The van der Waals surface area contributed by atoms with Crippen LogP contribution in [-0.2, 0) is 0 Å². The molecule has 0 aliphatic rings. The lowest BCUT2D eigenvalue weighted by atomic mass is 10.1. The van der Waals surface area contributed by atoms with E-state index in [1.165, 1.54) is 0 Å². The van der Waals surface area contributed by atoms with Gasteiger partial charge in [0.15, 0.2) is 11.5 Å². The molecule has 0 radical (unpaired) electrons. The Morgan fingerprint density at radius 3 is 2.11 bits per heavy atom. The van der Waals surface area contributed by atoms with Crippen LogP contribution in [0, 0.1) is 0 Å². The smallest absolute Gasteiger partial charge is 0.169 e. The molecule has 0 aliphatic heterocycles. The van der Waals surface area contributed by atoms with Crippen molar-refractivity contribution in [1.29, 1.82) is 0 Å². The fourth-order valence-corrected chi connectivity index (χ4v) is 2.67. The van der Waals surface area contributed by atoms with Crippen LogP contribution in [0.1, 0.15) is 13.8 Å². The second kappa shape index (κ2) is 8.75. The quantitative estimate of drug-likeness (QED) is 0.625. The highest BCUT2D eigenvalue weighted by Crippen LogP contribution is 2.41. The Kier molecular flexibility index (Phi) is 6.16. The van der Waals surface area contributed by atoms with Crippen molar-refractivity contribution >= 4 is 10.8 Å². The van der Waals surface area contributed by atoms with Crippen molar-refractivity contribution in [3.63, 3.8) is 0 Å². The summed E-state index contributed by atoms with van der Waals surface area (Å²) in [5.41, 5.74) is 0. The predicted octanol–water partition coefficient (Wildman–Crippen LogP) is 4.15. The molecule has 0 fully saturated rings. The molecule has 5 heteroatoms. The molecule has 0 saturated carbocycles. The molecule has 0 heterocycles. The van der Waals surface area contributed by atoms with Crippen LogP contribution in [0.2, 0.25) is 0 Å². The van der Waals surface area contributed by atoms with Crippen LogP contribution in [0.15, 0.2) is 60.7 Å². The molecule has 3 aromatic rings. The van der Waals surface area contributed by atoms with Gasteiger partial charge in [-0.25, -0.2) is 0 Å². The third-order valence-corrected chi connectivity index (χ3v) is 3.86. The first-order chi connectivity index (χ1) is 13.0. The summed E-state index contributed by atoms with van der Waals surface area (Å²) in [5.74, 6) is 2.45. The molecule has 0 aliphatic carbocycles. The van der Waals surface area contributed by atoms with Crippen LogP contribution in [0.5, 0.6) is 23.0 Å². The van der Waals surface area contributed by atoms with Gasteiger partial charge < -0.3 is 24.4 Å². The Labute approximate surface area is 158 Å². The van der Waals surface area contributed by atoms with E-state index < -0.39 is 12.2 Å². The SMILES string of the molecule is CC(O)COc1cccc2c(OCC(C)O)c(Oc3ccccc3)ccc12. The summed E-state index contributed by atoms with van der Waals surface area (Å²) in [4.78, 5) is 0. The van der Waals surface area contributed by atoms with E-state index in [1.54, 1.807) is 13.8 Å². The zero-order valence-electron chi connectivity index (χ0n) is 15.5. The Balaban J connectivity index is 2.02. The Hall–Kier alpha value is -2.76. The Morgan fingerprint density at radius 1 is 0.704 bits per heavy atom. The summed E-state index contributed by atoms with van der Waals surface area (Å²) in [7, 11) is 0. The molecule has 2 N–H and O–H groups in total. The standard InChI is InChI=1S/C22H24O5/c1-15(23)13-25-20-10-6-9-19-18(20)11-12-21(22(19)26-14-16(2)24)27-17-7-4-3-5-8-17/h3-12,15-16,23-24H,13-14H2,1-2H3. The zero-order valence-corrected chi connectivity index (χ0v) is 15.5. The minimum absolute atomic E-state index is 0.142. The minimum Gasteiger partial charge on any atom is -0.490 e. The van der Waals surface area contributed by atoms with E-state index in [-0.39, 0.29) is 13.2 Å². The Bertz CT molecular complexity index is 875. The molecule has 3 rings (SSSR count). The number of benzene rings is 3. The third kappa shape index (κ3) is 4.90. The number of aliphatic hydroxyl groups is 2. The predicted molar refractivity (Wildman–Crippen MR) is 105 cm³/mol. The number of hydrogen-bond donors (Lipinski definition) is 2. The highest BCUT2D eigenvalue weighted by atomic mass is 16.5.